The van der Waals surface area contributed by atoms with Crippen LogP contribution in [0.1, 0.15) is 44.5 Å². The number of rotatable bonds is 5. The van der Waals surface area contributed by atoms with E-state index in [2.05, 4.69) is 16.3 Å². The number of benzene rings is 1. The summed E-state index contributed by atoms with van der Waals surface area (Å²) in [5.41, 5.74) is 3.81. The molecule has 29 heavy (non-hydrogen) atoms. The predicted molar refractivity (Wildman–Crippen MR) is 114 cm³/mol. The van der Waals surface area contributed by atoms with Crippen LogP contribution < -0.4 is 5.56 Å². The number of fused-ring (bicyclic) bond motifs is 1. The number of nitrogens with zero attached hydrogens (tertiary/aromatic N) is 5. The summed E-state index contributed by atoms with van der Waals surface area (Å²) >= 11 is 0. The second-order valence-corrected chi connectivity index (χ2v) is 8.15. The van der Waals surface area contributed by atoms with Gasteiger partial charge in [-0.1, -0.05) is 17.7 Å². The Bertz CT molecular complexity index is 1120. The van der Waals surface area contributed by atoms with Gasteiger partial charge in [-0.05, 0) is 60.1 Å². The van der Waals surface area contributed by atoms with Crippen molar-refractivity contribution >= 4 is 16.8 Å². The van der Waals surface area contributed by atoms with E-state index in [4.69, 9.17) is 0 Å². The fourth-order valence-corrected chi connectivity index (χ4v) is 3.94. The van der Waals surface area contributed by atoms with Crippen LogP contribution in [0.15, 0.2) is 29.2 Å². The average Bonchev–Trinajstić information content (AvgIpc) is 3.04. The third-order valence-electron chi connectivity index (χ3n) is 5.13. The Kier molecular flexibility index (Phi) is 5.59. The van der Waals surface area contributed by atoms with Gasteiger partial charge in [0.2, 0.25) is 5.91 Å². The molecule has 0 aliphatic rings. The minimum atomic E-state index is -0.316. The fraction of sp³-hybridized carbons (Fsp3) is 0.455. The topological polar surface area (TPSA) is 73.0 Å². The van der Waals surface area contributed by atoms with Gasteiger partial charge in [-0.15, -0.1) is 0 Å². The molecule has 0 saturated carbocycles. The molecule has 154 valence electrons. The Hall–Kier alpha value is -2.96. The molecule has 3 aromatic rings. The molecule has 7 heteroatoms. The highest BCUT2D eigenvalue weighted by Gasteiger charge is 2.23. The zero-order valence-electron chi connectivity index (χ0n) is 18.2. The van der Waals surface area contributed by atoms with Crippen LogP contribution >= 0.6 is 0 Å². The van der Waals surface area contributed by atoms with E-state index in [1.54, 1.807) is 15.8 Å². The van der Waals surface area contributed by atoms with Gasteiger partial charge in [-0.3, -0.25) is 9.59 Å². The predicted octanol–water partition coefficient (Wildman–Crippen LogP) is 3.15. The first-order valence-corrected chi connectivity index (χ1v) is 9.96. The van der Waals surface area contributed by atoms with Crippen LogP contribution in [0.25, 0.3) is 16.6 Å². The Morgan fingerprint density at radius 2 is 1.76 bits per heavy atom. The lowest BCUT2D eigenvalue weighted by Crippen LogP contribution is -2.45. The summed E-state index contributed by atoms with van der Waals surface area (Å²) < 4.78 is 2.92. The van der Waals surface area contributed by atoms with E-state index in [0.29, 0.717) is 16.6 Å². The van der Waals surface area contributed by atoms with Crippen LogP contribution in [0.2, 0.25) is 0 Å². The largest absolute Gasteiger partial charge is 0.336 e. The second-order valence-electron chi connectivity index (χ2n) is 8.15. The van der Waals surface area contributed by atoms with Gasteiger partial charge in [-0.25, -0.2) is 9.36 Å². The van der Waals surface area contributed by atoms with E-state index in [1.165, 1.54) is 4.68 Å². The number of carbonyl (C=O) groups is 1. The third kappa shape index (κ3) is 3.81. The highest BCUT2D eigenvalue weighted by molar-refractivity contribution is 5.82. The van der Waals surface area contributed by atoms with Crippen molar-refractivity contribution in [2.45, 2.75) is 67.1 Å². The quantitative estimate of drug-likeness (QED) is 0.665. The average molecular weight is 396 g/mol. The van der Waals surface area contributed by atoms with Crippen molar-refractivity contribution in [3.63, 3.8) is 0 Å². The number of aromatic nitrogens is 4. The normalized spacial score (nSPS) is 11.6. The maximum absolute atomic E-state index is 13.3. The second kappa shape index (κ2) is 7.81. The zero-order valence-corrected chi connectivity index (χ0v) is 18.2. The van der Waals surface area contributed by atoms with Gasteiger partial charge in [0.1, 0.15) is 12.1 Å². The highest BCUT2D eigenvalue weighted by Crippen LogP contribution is 2.20. The molecule has 1 amide bonds. The summed E-state index contributed by atoms with van der Waals surface area (Å²) in [6, 6.07) is 6.10. The Labute approximate surface area is 170 Å². The van der Waals surface area contributed by atoms with Crippen molar-refractivity contribution in [3.8, 4) is 5.69 Å². The molecule has 0 aliphatic carbocycles. The molecule has 1 aromatic carbocycles. The summed E-state index contributed by atoms with van der Waals surface area (Å²) in [6.07, 6.45) is 1.67. The van der Waals surface area contributed by atoms with E-state index < -0.39 is 0 Å². The van der Waals surface area contributed by atoms with Crippen LogP contribution in [0.4, 0.5) is 0 Å². The SMILES string of the molecule is Cc1ccc(-n2ncc3c(C)nn(CC(=O)N(C(C)C)C(C)C)c(=O)c32)c(C)c1. The lowest BCUT2D eigenvalue weighted by molar-refractivity contribution is -0.135. The summed E-state index contributed by atoms with van der Waals surface area (Å²) in [4.78, 5) is 27.9. The number of carbonyl (C=O) groups excluding carboxylic acids is 1. The van der Waals surface area contributed by atoms with E-state index in [-0.39, 0.29) is 30.1 Å². The van der Waals surface area contributed by atoms with Crippen LogP contribution in [0, 0.1) is 20.8 Å². The van der Waals surface area contributed by atoms with E-state index in [0.717, 1.165) is 16.8 Å². The molecule has 0 fully saturated rings. The maximum Gasteiger partial charge on any atom is 0.293 e. The first-order chi connectivity index (χ1) is 13.6. The van der Waals surface area contributed by atoms with Crippen LogP contribution in [-0.4, -0.2) is 42.5 Å². The van der Waals surface area contributed by atoms with Crippen LogP contribution in [-0.2, 0) is 11.3 Å². The summed E-state index contributed by atoms with van der Waals surface area (Å²) in [5, 5.41) is 9.54. The molecule has 0 aliphatic heterocycles. The van der Waals surface area contributed by atoms with Gasteiger partial charge in [-0.2, -0.15) is 10.2 Å². The number of hydrogen-bond acceptors (Lipinski definition) is 4. The Morgan fingerprint density at radius 3 is 2.34 bits per heavy atom. The molecule has 2 heterocycles. The van der Waals surface area contributed by atoms with Crippen molar-refractivity contribution in [3.05, 3.63) is 51.6 Å². The molecular formula is C22H29N5O2. The Balaban J connectivity index is 2.13. The molecule has 0 radical (unpaired) electrons. The summed E-state index contributed by atoms with van der Waals surface area (Å²) in [5.74, 6) is -0.124. The fourth-order valence-electron chi connectivity index (χ4n) is 3.94. The lowest BCUT2D eigenvalue weighted by Gasteiger charge is -2.30. The van der Waals surface area contributed by atoms with Gasteiger partial charge in [0, 0.05) is 17.5 Å². The highest BCUT2D eigenvalue weighted by atomic mass is 16.2. The molecule has 3 rings (SSSR count). The smallest absolute Gasteiger partial charge is 0.293 e. The van der Waals surface area contributed by atoms with Crippen molar-refractivity contribution < 1.29 is 4.79 Å². The van der Waals surface area contributed by atoms with Gasteiger partial charge in [0.15, 0.2) is 0 Å². The van der Waals surface area contributed by atoms with Crippen molar-refractivity contribution in [1.82, 2.24) is 24.5 Å². The standard InChI is InChI=1S/C22H29N5O2/c1-13(2)26(14(3)4)20(28)12-25-22(29)21-18(17(7)24-25)11-23-27(21)19-9-8-15(5)10-16(19)6/h8-11,13-14H,12H2,1-7H3. The number of amides is 1. The van der Waals surface area contributed by atoms with Crippen molar-refractivity contribution in [2.24, 2.45) is 0 Å². The van der Waals surface area contributed by atoms with Crippen molar-refractivity contribution in [2.75, 3.05) is 0 Å². The van der Waals surface area contributed by atoms with Gasteiger partial charge in [0.05, 0.1) is 17.6 Å². The Morgan fingerprint density at radius 1 is 1.10 bits per heavy atom. The molecule has 0 N–H and O–H groups in total. The molecule has 0 atom stereocenters. The van der Waals surface area contributed by atoms with Crippen molar-refractivity contribution in [1.29, 1.82) is 0 Å². The van der Waals surface area contributed by atoms with Gasteiger partial charge in [0.25, 0.3) is 5.56 Å². The first-order valence-electron chi connectivity index (χ1n) is 9.96. The summed E-state index contributed by atoms with van der Waals surface area (Å²) in [7, 11) is 0. The molecule has 0 saturated heterocycles. The summed E-state index contributed by atoms with van der Waals surface area (Å²) in [6.45, 7) is 13.6. The van der Waals surface area contributed by atoms with Crippen LogP contribution in [0.3, 0.4) is 0 Å². The molecule has 7 nitrogen and oxygen atoms in total. The molecule has 0 spiro atoms. The third-order valence-corrected chi connectivity index (χ3v) is 5.13. The van der Waals surface area contributed by atoms with Crippen LogP contribution in [0.5, 0.6) is 0 Å². The monoisotopic (exact) mass is 395 g/mol. The number of hydrogen-bond donors (Lipinski definition) is 0. The van der Waals surface area contributed by atoms with E-state index in [1.807, 2.05) is 60.6 Å². The molecule has 0 unspecified atom stereocenters. The molecule has 2 aromatic heterocycles. The molecule has 0 bridgehead atoms. The minimum Gasteiger partial charge on any atom is -0.336 e. The maximum atomic E-state index is 13.3. The van der Waals surface area contributed by atoms with E-state index in [9.17, 15) is 9.59 Å². The zero-order chi connectivity index (χ0) is 21.5. The van der Waals surface area contributed by atoms with Gasteiger partial charge < -0.3 is 4.90 Å². The lowest BCUT2D eigenvalue weighted by atomic mass is 10.1. The van der Waals surface area contributed by atoms with Gasteiger partial charge >= 0.3 is 0 Å². The number of aryl methyl sites for hydroxylation is 3. The first kappa shape index (κ1) is 20.8. The van der Waals surface area contributed by atoms with E-state index >= 15 is 0 Å². The minimum absolute atomic E-state index is 0.0452. The molecular weight excluding hydrogens is 366 g/mol.